The number of nitrogens with zero attached hydrogens (tertiary/aromatic N) is 1. The number of anilines is 1. The third kappa shape index (κ3) is 5.06. The van der Waals surface area contributed by atoms with E-state index >= 15 is 0 Å². The van der Waals surface area contributed by atoms with Gasteiger partial charge >= 0.3 is 5.97 Å². The SMILES string of the molecule is COC(=O)Cc1cncc(NCCc2cc(Cl)ccc2C(C)=O)c1. The predicted molar refractivity (Wildman–Crippen MR) is 93.6 cm³/mol. The van der Waals surface area contributed by atoms with Gasteiger partial charge in [0.15, 0.2) is 5.78 Å². The summed E-state index contributed by atoms with van der Waals surface area (Å²) in [6, 6.07) is 7.13. The Balaban J connectivity index is 2.00. The lowest BCUT2D eigenvalue weighted by molar-refractivity contribution is -0.139. The standard InChI is InChI=1S/C18H19ClN2O3/c1-12(22)17-4-3-15(19)9-14(17)5-6-21-16-7-13(10-20-11-16)8-18(23)24-2/h3-4,7,9-11,21H,5-6,8H2,1-2H3. The lowest BCUT2D eigenvalue weighted by Gasteiger charge is -2.10. The molecule has 0 aliphatic carbocycles. The Kier molecular flexibility index (Phi) is 6.32. The summed E-state index contributed by atoms with van der Waals surface area (Å²) >= 11 is 6.01. The molecule has 5 nitrogen and oxygen atoms in total. The minimum absolute atomic E-state index is 0.0170. The summed E-state index contributed by atoms with van der Waals surface area (Å²) in [7, 11) is 1.36. The van der Waals surface area contributed by atoms with Crippen molar-refractivity contribution in [2.75, 3.05) is 19.0 Å². The fourth-order valence-electron chi connectivity index (χ4n) is 2.37. The van der Waals surface area contributed by atoms with Crippen LogP contribution in [0.15, 0.2) is 36.7 Å². The number of methoxy groups -OCH3 is 1. The fraction of sp³-hybridized carbons (Fsp3) is 0.278. The third-order valence-corrected chi connectivity index (χ3v) is 3.78. The fourth-order valence-corrected chi connectivity index (χ4v) is 2.57. The van der Waals surface area contributed by atoms with Gasteiger partial charge in [-0.3, -0.25) is 14.6 Å². The number of rotatable bonds is 7. The zero-order chi connectivity index (χ0) is 17.5. The number of hydrogen-bond acceptors (Lipinski definition) is 5. The smallest absolute Gasteiger partial charge is 0.310 e. The van der Waals surface area contributed by atoms with Crippen molar-refractivity contribution in [2.24, 2.45) is 0 Å². The Hall–Kier alpha value is -2.40. The highest BCUT2D eigenvalue weighted by atomic mass is 35.5. The Morgan fingerprint density at radius 3 is 2.75 bits per heavy atom. The van der Waals surface area contributed by atoms with E-state index < -0.39 is 0 Å². The maximum Gasteiger partial charge on any atom is 0.310 e. The van der Waals surface area contributed by atoms with Crippen molar-refractivity contribution in [3.05, 3.63) is 58.4 Å². The van der Waals surface area contributed by atoms with Crippen LogP contribution >= 0.6 is 11.6 Å². The van der Waals surface area contributed by atoms with Crippen LogP contribution in [0.25, 0.3) is 0 Å². The van der Waals surface area contributed by atoms with E-state index in [1.165, 1.54) is 7.11 Å². The molecule has 0 aliphatic rings. The average molecular weight is 347 g/mol. The zero-order valence-electron chi connectivity index (χ0n) is 13.6. The molecule has 6 heteroatoms. The van der Waals surface area contributed by atoms with E-state index in [1.54, 1.807) is 31.5 Å². The second-order valence-corrected chi connectivity index (χ2v) is 5.81. The molecule has 0 saturated heterocycles. The number of benzene rings is 1. The van der Waals surface area contributed by atoms with Gasteiger partial charge in [-0.05, 0) is 48.7 Å². The first-order valence-electron chi connectivity index (χ1n) is 7.53. The number of halogens is 1. The third-order valence-electron chi connectivity index (χ3n) is 3.54. The molecule has 0 saturated carbocycles. The van der Waals surface area contributed by atoms with Crippen LogP contribution in [-0.4, -0.2) is 30.4 Å². The van der Waals surface area contributed by atoms with Gasteiger partial charge in [0.2, 0.25) is 0 Å². The molecule has 2 rings (SSSR count). The number of pyridine rings is 1. The Morgan fingerprint density at radius 2 is 2.04 bits per heavy atom. The number of ketones is 1. The topological polar surface area (TPSA) is 68.3 Å². The molecule has 1 aromatic heterocycles. The second kappa shape index (κ2) is 8.45. The molecular weight excluding hydrogens is 328 g/mol. The maximum absolute atomic E-state index is 11.7. The van der Waals surface area contributed by atoms with E-state index in [9.17, 15) is 9.59 Å². The van der Waals surface area contributed by atoms with Crippen molar-refractivity contribution < 1.29 is 14.3 Å². The highest BCUT2D eigenvalue weighted by Gasteiger charge is 2.08. The number of carbonyl (C=O) groups is 2. The highest BCUT2D eigenvalue weighted by molar-refractivity contribution is 6.30. The summed E-state index contributed by atoms with van der Waals surface area (Å²) in [4.78, 5) is 27.1. The second-order valence-electron chi connectivity index (χ2n) is 5.37. The molecule has 0 fully saturated rings. The van der Waals surface area contributed by atoms with E-state index in [2.05, 4.69) is 15.0 Å². The molecule has 126 valence electrons. The van der Waals surface area contributed by atoms with E-state index in [-0.39, 0.29) is 18.2 Å². The molecule has 2 aromatic rings. The monoisotopic (exact) mass is 346 g/mol. The summed E-state index contributed by atoms with van der Waals surface area (Å²) in [5.74, 6) is -0.289. The molecule has 1 aromatic carbocycles. The van der Waals surface area contributed by atoms with Crippen molar-refractivity contribution in [3.63, 3.8) is 0 Å². The van der Waals surface area contributed by atoms with Crippen LogP contribution in [0.5, 0.6) is 0 Å². The van der Waals surface area contributed by atoms with Crippen molar-refractivity contribution in [2.45, 2.75) is 19.8 Å². The summed E-state index contributed by atoms with van der Waals surface area (Å²) in [5.41, 5.74) is 3.17. The van der Waals surface area contributed by atoms with Gasteiger partial charge in [0.1, 0.15) is 0 Å². The number of nitrogens with one attached hydrogen (secondary N) is 1. The molecule has 1 N–H and O–H groups in total. The Labute approximate surface area is 146 Å². The van der Waals surface area contributed by atoms with E-state index in [1.807, 2.05) is 12.1 Å². The molecular formula is C18H19ClN2O3. The highest BCUT2D eigenvalue weighted by Crippen LogP contribution is 2.18. The molecule has 0 bridgehead atoms. The number of Topliss-reactive ketones (excluding diaryl/α,β-unsaturated/α-hetero) is 1. The van der Waals surface area contributed by atoms with Gasteiger partial charge in [0, 0.05) is 29.5 Å². The molecule has 0 unspecified atom stereocenters. The molecule has 0 radical (unpaired) electrons. The molecule has 0 amide bonds. The van der Waals surface area contributed by atoms with Crippen molar-refractivity contribution in [3.8, 4) is 0 Å². The summed E-state index contributed by atoms with van der Waals surface area (Å²) in [6.07, 6.45) is 4.15. The van der Waals surface area contributed by atoms with Gasteiger partial charge in [-0.15, -0.1) is 0 Å². The molecule has 0 atom stereocenters. The summed E-state index contributed by atoms with van der Waals surface area (Å²) < 4.78 is 4.65. The quantitative estimate of drug-likeness (QED) is 0.615. The number of hydrogen-bond donors (Lipinski definition) is 1. The van der Waals surface area contributed by atoms with Gasteiger partial charge in [-0.1, -0.05) is 11.6 Å². The van der Waals surface area contributed by atoms with Gasteiger partial charge < -0.3 is 10.1 Å². The lowest BCUT2D eigenvalue weighted by atomic mass is 10.0. The van der Waals surface area contributed by atoms with E-state index in [4.69, 9.17) is 11.6 Å². The van der Waals surface area contributed by atoms with E-state index in [0.717, 1.165) is 16.8 Å². The first-order valence-corrected chi connectivity index (χ1v) is 7.91. The van der Waals surface area contributed by atoms with Gasteiger partial charge in [0.25, 0.3) is 0 Å². The van der Waals surface area contributed by atoms with Crippen molar-refractivity contribution in [1.29, 1.82) is 0 Å². The van der Waals surface area contributed by atoms with E-state index in [0.29, 0.717) is 23.6 Å². The Morgan fingerprint density at radius 1 is 1.25 bits per heavy atom. The molecule has 0 spiro atoms. The lowest BCUT2D eigenvalue weighted by Crippen LogP contribution is -2.09. The number of ether oxygens (including phenoxy) is 1. The van der Waals surface area contributed by atoms with Crippen LogP contribution in [0, 0.1) is 0 Å². The normalized spacial score (nSPS) is 10.3. The Bertz CT molecular complexity index is 747. The van der Waals surface area contributed by atoms with Gasteiger partial charge in [0.05, 0.1) is 19.2 Å². The number of carbonyl (C=O) groups excluding carboxylic acids is 2. The minimum Gasteiger partial charge on any atom is -0.469 e. The first kappa shape index (κ1) is 17.9. The summed E-state index contributed by atoms with van der Waals surface area (Å²) in [6.45, 7) is 2.16. The maximum atomic E-state index is 11.7. The predicted octanol–water partition coefficient (Wildman–Crippen LogP) is 3.31. The van der Waals surface area contributed by atoms with Crippen LogP contribution in [0.3, 0.4) is 0 Å². The van der Waals surface area contributed by atoms with Crippen molar-refractivity contribution >= 4 is 29.0 Å². The number of aromatic nitrogens is 1. The van der Waals surface area contributed by atoms with Crippen LogP contribution < -0.4 is 5.32 Å². The average Bonchev–Trinajstić information content (AvgIpc) is 2.55. The minimum atomic E-state index is -0.307. The van der Waals surface area contributed by atoms with Gasteiger partial charge in [-0.2, -0.15) is 0 Å². The molecule has 24 heavy (non-hydrogen) atoms. The first-order chi connectivity index (χ1) is 11.5. The van der Waals surface area contributed by atoms with Crippen LogP contribution in [0.1, 0.15) is 28.4 Å². The number of esters is 1. The largest absolute Gasteiger partial charge is 0.469 e. The van der Waals surface area contributed by atoms with Crippen LogP contribution in [-0.2, 0) is 22.4 Å². The summed E-state index contributed by atoms with van der Waals surface area (Å²) in [5, 5.41) is 3.85. The van der Waals surface area contributed by atoms with Crippen LogP contribution in [0.4, 0.5) is 5.69 Å². The van der Waals surface area contributed by atoms with Crippen molar-refractivity contribution in [1.82, 2.24) is 4.98 Å². The van der Waals surface area contributed by atoms with Crippen LogP contribution in [0.2, 0.25) is 5.02 Å². The molecule has 0 aliphatic heterocycles. The van der Waals surface area contributed by atoms with Gasteiger partial charge in [-0.25, -0.2) is 0 Å². The molecule has 1 heterocycles. The zero-order valence-corrected chi connectivity index (χ0v) is 14.4.